The Kier molecular flexibility index (Phi) is 6.80. The lowest BCUT2D eigenvalue weighted by Gasteiger charge is -2.13. The first-order valence-corrected chi connectivity index (χ1v) is 9.04. The molecule has 0 aliphatic rings. The van der Waals surface area contributed by atoms with E-state index in [0.29, 0.717) is 12.2 Å². The van der Waals surface area contributed by atoms with Gasteiger partial charge in [0.2, 0.25) is 11.9 Å². The van der Waals surface area contributed by atoms with Crippen LogP contribution in [0.4, 0.5) is 20.5 Å². The van der Waals surface area contributed by atoms with Crippen LogP contribution in [0.5, 0.6) is 17.2 Å². The zero-order valence-corrected chi connectivity index (χ0v) is 16.7. The molecule has 2 aromatic heterocycles. The maximum absolute atomic E-state index is 14.4. The van der Waals surface area contributed by atoms with Crippen LogP contribution >= 0.6 is 0 Å². The fraction of sp³-hybridized carbons (Fsp3) is 0.263. The molecule has 31 heavy (non-hydrogen) atoms. The van der Waals surface area contributed by atoms with E-state index in [1.165, 1.54) is 26.6 Å². The number of hydrogen-bond acceptors (Lipinski definition) is 8. The SMILES string of the molecule is COc1cc(OC)c(F)c(COc2cnc(Nc3cc(CCC(N)=O)[nH]n3)nc2)c1F. The van der Waals surface area contributed by atoms with Crippen molar-refractivity contribution in [1.82, 2.24) is 20.2 Å². The molecule has 0 atom stereocenters. The van der Waals surface area contributed by atoms with E-state index in [-0.39, 0.29) is 35.2 Å². The number of hydrogen-bond donors (Lipinski definition) is 3. The molecule has 0 fully saturated rings. The maximum atomic E-state index is 14.4. The number of benzene rings is 1. The number of aryl methyl sites for hydroxylation is 1. The number of nitrogens with two attached hydrogens (primary N) is 1. The van der Waals surface area contributed by atoms with Crippen LogP contribution < -0.4 is 25.3 Å². The smallest absolute Gasteiger partial charge is 0.228 e. The number of H-pyrrole nitrogens is 1. The largest absolute Gasteiger partial charge is 0.494 e. The highest BCUT2D eigenvalue weighted by Gasteiger charge is 2.20. The van der Waals surface area contributed by atoms with Gasteiger partial charge in [-0.15, -0.1) is 0 Å². The maximum Gasteiger partial charge on any atom is 0.228 e. The number of anilines is 2. The number of aromatic amines is 1. The number of carbonyl (C=O) groups is 1. The molecule has 4 N–H and O–H groups in total. The number of nitrogens with one attached hydrogen (secondary N) is 2. The molecule has 0 bridgehead atoms. The highest BCUT2D eigenvalue weighted by molar-refractivity contribution is 5.74. The van der Waals surface area contributed by atoms with E-state index >= 15 is 0 Å². The summed E-state index contributed by atoms with van der Waals surface area (Å²) in [5.74, 6) is -1.65. The molecule has 3 rings (SSSR count). The second-order valence-corrected chi connectivity index (χ2v) is 6.29. The molecule has 0 aliphatic carbocycles. The van der Waals surface area contributed by atoms with E-state index in [0.717, 1.165) is 11.8 Å². The molecule has 10 nitrogen and oxygen atoms in total. The number of ether oxygens (including phenoxy) is 3. The molecule has 2 heterocycles. The third-order valence-corrected chi connectivity index (χ3v) is 4.19. The second kappa shape index (κ2) is 9.69. The van der Waals surface area contributed by atoms with Crippen LogP contribution in [-0.2, 0) is 17.8 Å². The number of primary amides is 1. The van der Waals surface area contributed by atoms with Crippen LogP contribution in [0.15, 0.2) is 24.5 Å². The first kappa shape index (κ1) is 21.7. The highest BCUT2D eigenvalue weighted by atomic mass is 19.1. The Balaban J connectivity index is 1.63. The Bertz CT molecular complexity index is 1030. The second-order valence-electron chi connectivity index (χ2n) is 6.29. The number of methoxy groups -OCH3 is 2. The van der Waals surface area contributed by atoms with Gasteiger partial charge in [-0.05, 0) is 6.42 Å². The first-order chi connectivity index (χ1) is 14.9. The van der Waals surface area contributed by atoms with Crippen LogP contribution in [0.1, 0.15) is 17.7 Å². The van der Waals surface area contributed by atoms with Gasteiger partial charge in [-0.1, -0.05) is 0 Å². The van der Waals surface area contributed by atoms with Crippen molar-refractivity contribution in [3.8, 4) is 17.2 Å². The molecular weight excluding hydrogens is 414 g/mol. The molecule has 1 amide bonds. The molecule has 0 radical (unpaired) electrons. The van der Waals surface area contributed by atoms with Crippen molar-refractivity contribution >= 4 is 17.7 Å². The van der Waals surface area contributed by atoms with Gasteiger partial charge in [0, 0.05) is 24.2 Å². The molecule has 0 unspecified atom stereocenters. The van der Waals surface area contributed by atoms with Crippen molar-refractivity contribution in [2.75, 3.05) is 19.5 Å². The van der Waals surface area contributed by atoms with Crippen molar-refractivity contribution in [2.24, 2.45) is 5.73 Å². The summed E-state index contributed by atoms with van der Waals surface area (Å²) in [4.78, 5) is 19.0. The zero-order chi connectivity index (χ0) is 22.4. The Hall–Kier alpha value is -3.96. The summed E-state index contributed by atoms with van der Waals surface area (Å²) >= 11 is 0. The minimum absolute atomic E-state index is 0.165. The fourth-order valence-electron chi connectivity index (χ4n) is 2.60. The quantitative estimate of drug-likeness (QED) is 0.442. The predicted octanol–water partition coefficient (Wildman–Crippen LogP) is 2.24. The first-order valence-electron chi connectivity index (χ1n) is 9.04. The summed E-state index contributed by atoms with van der Waals surface area (Å²) in [6, 6.07) is 2.81. The number of halogens is 2. The summed E-state index contributed by atoms with van der Waals surface area (Å²) in [5.41, 5.74) is 5.49. The molecule has 0 saturated carbocycles. The Morgan fingerprint density at radius 2 is 1.77 bits per heavy atom. The van der Waals surface area contributed by atoms with Gasteiger partial charge >= 0.3 is 0 Å². The molecular formula is C19H20F2N6O4. The third-order valence-electron chi connectivity index (χ3n) is 4.19. The minimum atomic E-state index is -0.884. The summed E-state index contributed by atoms with van der Waals surface area (Å²) in [7, 11) is 2.53. The van der Waals surface area contributed by atoms with Crippen LogP contribution in [0.2, 0.25) is 0 Å². The number of nitrogens with zero attached hydrogens (tertiary/aromatic N) is 3. The van der Waals surface area contributed by atoms with Crippen molar-refractivity contribution in [3.63, 3.8) is 0 Å². The van der Waals surface area contributed by atoms with E-state index in [4.69, 9.17) is 19.9 Å². The van der Waals surface area contributed by atoms with Crippen molar-refractivity contribution in [1.29, 1.82) is 0 Å². The van der Waals surface area contributed by atoms with Crippen molar-refractivity contribution in [3.05, 3.63) is 47.4 Å². The lowest BCUT2D eigenvalue weighted by molar-refractivity contribution is -0.118. The number of carbonyl (C=O) groups excluding carboxylic acids is 1. The van der Waals surface area contributed by atoms with E-state index in [9.17, 15) is 13.6 Å². The van der Waals surface area contributed by atoms with Gasteiger partial charge in [0.15, 0.2) is 34.7 Å². The average molecular weight is 434 g/mol. The van der Waals surface area contributed by atoms with E-state index in [1.807, 2.05) is 0 Å². The van der Waals surface area contributed by atoms with E-state index in [2.05, 4.69) is 25.5 Å². The average Bonchev–Trinajstić information content (AvgIpc) is 3.21. The lowest BCUT2D eigenvalue weighted by Crippen LogP contribution is -2.11. The van der Waals surface area contributed by atoms with Crippen LogP contribution in [-0.4, -0.2) is 40.3 Å². The summed E-state index contributed by atoms with van der Waals surface area (Å²) < 4.78 is 44.0. The number of rotatable bonds is 10. The molecule has 164 valence electrons. The third kappa shape index (κ3) is 5.35. The van der Waals surface area contributed by atoms with Crippen LogP contribution in [0.25, 0.3) is 0 Å². The Morgan fingerprint density at radius 1 is 1.13 bits per heavy atom. The number of aromatic nitrogens is 4. The Morgan fingerprint density at radius 3 is 2.35 bits per heavy atom. The molecule has 3 aromatic rings. The van der Waals surface area contributed by atoms with Gasteiger partial charge in [0.1, 0.15) is 6.61 Å². The minimum Gasteiger partial charge on any atom is -0.494 e. The van der Waals surface area contributed by atoms with Gasteiger partial charge in [-0.3, -0.25) is 9.89 Å². The normalized spacial score (nSPS) is 10.6. The fourth-order valence-corrected chi connectivity index (χ4v) is 2.60. The topological polar surface area (TPSA) is 137 Å². The van der Waals surface area contributed by atoms with Gasteiger partial charge in [-0.2, -0.15) is 5.10 Å². The molecule has 0 saturated heterocycles. The summed E-state index contributed by atoms with van der Waals surface area (Å²) in [6.45, 7) is -0.427. The van der Waals surface area contributed by atoms with Crippen LogP contribution in [0, 0.1) is 11.6 Å². The predicted molar refractivity (Wildman–Crippen MR) is 105 cm³/mol. The van der Waals surface area contributed by atoms with Crippen molar-refractivity contribution < 1.29 is 27.8 Å². The molecule has 12 heteroatoms. The zero-order valence-electron chi connectivity index (χ0n) is 16.7. The Labute approximate surface area is 175 Å². The van der Waals surface area contributed by atoms with Gasteiger partial charge < -0.3 is 25.3 Å². The number of amides is 1. The van der Waals surface area contributed by atoms with Gasteiger partial charge in [0.05, 0.1) is 32.2 Å². The van der Waals surface area contributed by atoms with Gasteiger partial charge in [-0.25, -0.2) is 18.7 Å². The molecule has 1 aromatic carbocycles. The van der Waals surface area contributed by atoms with Crippen LogP contribution in [0.3, 0.4) is 0 Å². The molecule has 0 aliphatic heterocycles. The van der Waals surface area contributed by atoms with E-state index < -0.39 is 24.1 Å². The van der Waals surface area contributed by atoms with Crippen molar-refractivity contribution in [2.45, 2.75) is 19.4 Å². The van der Waals surface area contributed by atoms with E-state index in [1.54, 1.807) is 6.07 Å². The summed E-state index contributed by atoms with van der Waals surface area (Å²) in [5, 5.41) is 9.67. The van der Waals surface area contributed by atoms with Gasteiger partial charge in [0.25, 0.3) is 0 Å². The highest BCUT2D eigenvalue weighted by Crippen LogP contribution is 2.32. The lowest BCUT2D eigenvalue weighted by atomic mass is 10.1. The summed E-state index contributed by atoms with van der Waals surface area (Å²) in [6.07, 6.45) is 3.30. The standard InChI is InChI=1S/C19H20F2N6O4/c1-29-13-6-14(30-2)18(21)12(17(13)20)9-31-11-7-23-19(24-8-11)25-16-5-10(26-27-16)3-4-15(22)28/h5-8H,3-4,9H2,1-2H3,(H2,22,28)(H2,23,24,25,26,27). The monoisotopic (exact) mass is 434 g/mol. The molecule has 0 spiro atoms.